The van der Waals surface area contributed by atoms with Gasteiger partial charge in [-0.1, -0.05) is 42.5 Å². The number of hydrogen-bond acceptors (Lipinski definition) is 6. The highest BCUT2D eigenvalue weighted by atomic mass is 32.2. The van der Waals surface area contributed by atoms with E-state index in [4.69, 9.17) is 0 Å². The van der Waals surface area contributed by atoms with Gasteiger partial charge in [0.25, 0.3) is 11.8 Å². The molecule has 4 aromatic carbocycles. The van der Waals surface area contributed by atoms with Crippen LogP contribution in [0.5, 0.6) is 0 Å². The fourth-order valence-electron chi connectivity index (χ4n) is 4.76. The monoisotopic (exact) mass is 583 g/mol. The minimum absolute atomic E-state index is 0.121. The number of rotatable bonds is 8. The van der Waals surface area contributed by atoms with Crippen molar-refractivity contribution < 1.29 is 18.0 Å². The van der Waals surface area contributed by atoms with Gasteiger partial charge in [-0.25, -0.2) is 8.42 Å². The van der Waals surface area contributed by atoms with Crippen LogP contribution in [-0.4, -0.2) is 65.6 Å². The smallest absolute Gasteiger partial charge is 0.257 e. The van der Waals surface area contributed by atoms with Gasteiger partial charge in [-0.2, -0.15) is 0 Å². The summed E-state index contributed by atoms with van der Waals surface area (Å²) in [5.41, 5.74) is 6.84. The predicted molar refractivity (Wildman–Crippen MR) is 169 cm³/mol. The summed E-state index contributed by atoms with van der Waals surface area (Å²) in [6.07, 6.45) is 1.16. The summed E-state index contributed by atoms with van der Waals surface area (Å²) in [4.78, 5) is 27.7. The van der Waals surface area contributed by atoms with Gasteiger partial charge in [-0.05, 0) is 73.3 Å². The van der Waals surface area contributed by atoms with Gasteiger partial charge in [-0.3, -0.25) is 13.9 Å². The number of hydrogen-bond donors (Lipinski definition) is 3. The van der Waals surface area contributed by atoms with Crippen molar-refractivity contribution in [3.63, 3.8) is 0 Å². The van der Waals surface area contributed by atoms with E-state index in [2.05, 4.69) is 16.0 Å². The Morgan fingerprint density at radius 2 is 1.43 bits per heavy atom. The molecule has 1 aliphatic heterocycles. The lowest BCUT2D eigenvalue weighted by Crippen LogP contribution is -2.31. The SMILES string of the molecule is CN(C)CCNC(=O)c1ccc(-c2ccc3c(c2)NC(=O)c2ccc(-c4ccccc4N(C)S(C)(=O)=O)cc2N3)cc1. The van der Waals surface area contributed by atoms with Crippen molar-refractivity contribution >= 4 is 44.6 Å². The number of benzene rings is 4. The van der Waals surface area contributed by atoms with Crippen molar-refractivity contribution in [2.75, 3.05) is 55.4 Å². The van der Waals surface area contributed by atoms with Gasteiger partial charge < -0.3 is 20.9 Å². The van der Waals surface area contributed by atoms with Crippen LogP contribution in [0.1, 0.15) is 20.7 Å². The molecule has 9 nitrogen and oxygen atoms in total. The number of fused-ring (bicyclic) bond motifs is 2. The van der Waals surface area contributed by atoms with E-state index < -0.39 is 10.0 Å². The molecule has 10 heteroatoms. The third-order valence-corrected chi connectivity index (χ3v) is 8.37. The standard InChI is InChI=1S/C32H33N5O4S/c1-36(2)18-17-33-31(38)22-11-9-21(10-12-22)23-14-16-27-29(19-23)35-32(39)26-15-13-24(20-28(26)34-27)25-7-5-6-8-30(25)37(3)42(4,40)41/h5-16,19-20,34H,17-18H2,1-4H3,(H,33,38)(H,35,39). The maximum absolute atomic E-state index is 13.2. The molecular formula is C32H33N5O4S. The van der Waals surface area contributed by atoms with E-state index in [0.717, 1.165) is 40.7 Å². The summed E-state index contributed by atoms with van der Waals surface area (Å²) in [5.74, 6) is -0.379. The van der Waals surface area contributed by atoms with Crippen LogP contribution in [0.4, 0.5) is 22.7 Å². The number of carbonyl (C=O) groups is 2. The highest BCUT2D eigenvalue weighted by molar-refractivity contribution is 7.92. The number of anilines is 4. The van der Waals surface area contributed by atoms with Crippen LogP contribution < -0.4 is 20.3 Å². The summed E-state index contributed by atoms with van der Waals surface area (Å²) >= 11 is 0. The Morgan fingerprint density at radius 3 is 2.14 bits per heavy atom. The van der Waals surface area contributed by atoms with Crippen molar-refractivity contribution in [3.8, 4) is 22.3 Å². The van der Waals surface area contributed by atoms with Gasteiger partial charge in [0.2, 0.25) is 10.0 Å². The van der Waals surface area contributed by atoms with Gasteiger partial charge in [-0.15, -0.1) is 0 Å². The molecule has 0 aliphatic carbocycles. The molecule has 216 valence electrons. The zero-order valence-electron chi connectivity index (χ0n) is 23.9. The van der Waals surface area contributed by atoms with Crippen molar-refractivity contribution in [3.05, 3.63) is 96.1 Å². The lowest BCUT2D eigenvalue weighted by molar-refractivity contribution is 0.0950. The molecule has 1 heterocycles. The van der Waals surface area contributed by atoms with E-state index >= 15 is 0 Å². The van der Waals surface area contributed by atoms with Crippen LogP contribution in [0.2, 0.25) is 0 Å². The fraction of sp³-hybridized carbons (Fsp3) is 0.188. The Morgan fingerprint density at radius 1 is 0.762 bits per heavy atom. The molecule has 0 atom stereocenters. The molecule has 42 heavy (non-hydrogen) atoms. The Bertz CT molecular complexity index is 1770. The molecule has 0 bridgehead atoms. The summed E-state index contributed by atoms with van der Waals surface area (Å²) in [7, 11) is 1.97. The topological polar surface area (TPSA) is 111 Å². The number of para-hydroxylation sites is 1. The van der Waals surface area contributed by atoms with Crippen molar-refractivity contribution in [2.24, 2.45) is 0 Å². The Hall–Kier alpha value is -4.67. The highest BCUT2D eigenvalue weighted by Crippen LogP contribution is 2.39. The predicted octanol–water partition coefficient (Wildman–Crippen LogP) is 5.02. The number of amides is 2. The number of sulfonamides is 1. The first-order chi connectivity index (χ1) is 20.0. The summed E-state index contributed by atoms with van der Waals surface area (Å²) in [6, 6.07) is 25.8. The van der Waals surface area contributed by atoms with E-state index in [1.54, 1.807) is 30.3 Å². The second-order valence-corrected chi connectivity index (χ2v) is 12.5. The maximum Gasteiger partial charge on any atom is 0.257 e. The first-order valence-electron chi connectivity index (χ1n) is 13.4. The van der Waals surface area contributed by atoms with E-state index in [1.807, 2.05) is 73.6 Å². The third-order valence-electron chi connectivity index (χ3n) is 7.18. The van der Waals surface area contributed by atoms with E-state index in [0.29, 0.717) is 34.7 Å². The lowest BCUT2D eigenvalue weighted by atomic mass is 10.00. The number of carbonyl (C=O) groups excluding carboxylic acids is 2. The van der Waals surface area contributed by atoms with Gasteiger partial charge in [0, 0.05) is 31.3 Å². The zero-order chi connectivity index (χ0) is 30.0. The molecule has 5 rings (SSSR count). The first kappa shape index (κ1) is 28.8. The molecule has 0 unspecified atom stereocenters. The van der Waals surface area contributed by atoms with Crippen LogP contribution in [0, 0.1) is 0 Å². The van der Waals surface area contributed by atoms with E-state index in [1.165, 1.54) is 11.4 Å². The van der Waals surface area contributed by atoms with Crippen LogP contribution >= 0.6 is 0 Å². The molecule has 1 aliphatic rings. The Balaban J connectivity index is 1.41. The molecule has 3 N–H and O–H groups in total. The average molecular weight is 584 g/mol. The van der Waals surface area contributed by atoms with Gasteiger partial charge in [0.1, 0.15) is 0 Å². The van der Waals surface area contributed by atoms with Gasteiger partial charge in [0.05, 0.1) is 34.6 Å². The molecular weight excluding hydrogens is 550 g/mol. The fourth-order valence-corrected chi connectivity index (χ4v) is 5.28. The molecule has 0 radical (unpaired) electrons. The highest BCUT2D eigenvalue weighted by Gasteiger charge is 2.22. The third kappa shape index (κ3) is 6.14. The summed E-state index contributed by atoms with van der Waals surface area (Å²) in [5, 5.41) is 9.30. The summed E-state index contributed by atoms with van der Waals surface area (Å²) in [6.45, 7) is 1.33. The van der Waals surface area contributed by atoms with Crippen molar-refractivity contribution in [1.82, 2.24) is 10.2 Å². The average Bonchev–Trinajstić information content (AvgIpc) is 3.10. The molecule has 2 amide bonds. The Labute approximate surface area is 246 Å². The molecule has 0 saturated carbocycles. The Kier molecular flexibility index (Phi) is 8.02. The molecule has 0 fully saturated rings. The second-order valence-electron chi connectivity index (χ2n) is 10.5. The van der Waals surface area contributed by atoms with Gasteiger partial charge in [0.15, 0.2) is 0 Å². The minimum atomic E-state index is -3.47. The van der Waals surface area contributed by atoms with Crippen molar-refractivity contribution in [1.29, 1.82) is 0 Å². The van der Waals surface area contributed by atoms with Gasteiger partial charge >= 0.3 is 0 Å². The summed E-state index contributed by atoms with van der Waals surface area (Å²) < 4.78 is 25.7. The maximum atomic E-state index is 13.2. The largest absolute Gasteiger partial charge is 0.353 e. The molecule has 0 spiro atoms. The van der Waals surface area contributed by atoms with Crippen LogP contribution in [0.3, 0.4) is 0 Å². The first-order valence-corrected chi connectivity index (χ1v) is 15.3. The van der Waals surface area contributed by atoms with Crippen LogP contribution in [0.25, 0.3) is 22.3 Å². The zero-order valence-corrected chi connectivity index (χ0v) is 24.7. The second kappa shape index (κ2) is 11.7. The molecule has 0 aromatic heterocycles. The molecule has 0 saturated heterocycles. The molecule has 4 aromatic rings. The number of nitrogens with zero attached hydrogens (tertiary/aromatic N) is 2. The minimum Gasteiger partial charge on any atom is -0.353 e. The van der Waals surface area contributed by atoms with Crippen LogP contribution in [0.15, 0.2) is 84.9 Å². The number of likely N-dealkylation sites (N-methyl/N-ethyl adjacent to an activating group) is 1. The lowest BCUT2D eigenvalue weighted by Gasteiger charge is -2.21. The van der Waals surface area contributed by atoms with Crippen LogP contribution in [-0.2, 0) is 10.0 Å². The van der Waals surface area contributed by atoms with Crippen molar-refractivity contribution in [2.45, 2.75) is 0 Å². The van der Waals surface area contributed by atoms with E-state index in [9.17, 15) is 18.0 Å². The quantitative estimate of drug-likeness (QED) is 0.269. The van der Waals surface area contributed by atoms with E-state index in [-0.39, 0.29) is 11.8 Å². The number of nitrogens with one attached hydrogen (secondary N) is 3. The normalized spacial score (nSPS) is 12.5.